The summed E-state index contributed by atoms with van der Waals surface area (Å²) < 4.78 is 0. The van der Waals surface area contributed by atoms with Crippen LogP contribution in [0.4, 0.5) is 5.69 Å². The Kier molecular flexibility index (Phi) is 4.30. The number of nitrogens with one attached hydrogen (secondary N) is 1. The van der Waals surface area contributed by atoms with Crippen LogP contribution in [-0.4, -0.2) is 29.3 Å². The van der Waals surface area contributed by atoms with E-state index in [0.717, 1.165) is 31.4 Å². The van der Waals surface area contributed by atoms with Gasteiger partial charge in [-0.25, -0.2) is 0 Å². The maximum atomic E-state index is 12.6. The van der Waals surface area contributed by atoms with Gasteiger partial charge in [0.1, 0.15) is 0 Å². The van der Waals surface area contributed by atoms with Gasteiger partial charge in [0.2, 0.25) is 11.8 Å². The molecule has 1 heterocycles. The quantitative estimate of drug-likeness (QED) is 0.926. The first kappa shape index (κ1) is 15.7. The molecule has 24 heavy (non-hydrogen) atoms. The van der Waals surface area contributed by atoms with Crippen molar-refractivity contribution in [3.63, 3.8) is 0 Å². The molecule has 2 amide bonds. The van der Waals surface area contributed by atoms with Crippen LogP contribution in [0, 0.1) is 5.92 Å². The Morgan fingerprint density at radius 1 is 1.04 bits per heavy atom. The topological polar surface area (TPSA) is 49.4 Å². The number of fused-ring (bicyclic) bond motifs is 1. The van der Waals surface area contributed by atoms with Gasteiger partial charge in [-0.2, -0.15) is 0 Å². The van der Waals surface area contributed by atoms with Crippen LogP contribution in [-0.2, 0) is 22.4 Å². The first-order valence-electron chi connectivity index (χ1n) is 9.43. The van der Waals surface area contributed by atoms with E-state index in [1.807, 2.05) is 11.0 Å². The summed E-state index contributed by atoms with van der Waals surface area (Å²) in [6, 6.07) is 6.60. The van der Waals surface area contributed by atoms with Crippen molar-refractivity contribution in [3.05, 3.63) is 29.3 Å². The van der Waals surface area contributed by atoms with Gasteiger partial charge in [0.25, 0.3) is 0 Å². The molecular formula is C20H26N2O2. The molecule has 0 aromatic heterocycles. The highest BCUT2D eigenvalue weighted by Gasteiger charge is 2.38. The van der Waals surface area contributed by atoms with Crippen LogP contribution in [0.1, 0.15) is 56.1 Å². The zero-order valence-corrected chi connectivity index (χ0v) is 14.2. The number of rotatable bonds is 3. The molecule has 4 nitrogen and oxygen atoms in total. The lowest BCUT2D eigenvalue weighted by molar-refractivity contribution is -0.130. The summed E-state index contributed by atoms with van der Waals surface area (Å²) in [6.45, 7) is 0.597. The van der Waals surface area contributed by atoms with Crippen LogP contribution in [0.5, 0.6) is 0 Å². The van der Waals surface area contributed by atoms with Gasteiger partial charge in [-0.05, 0) is 55.4 Å². The molecule has 0 bridgehead atoms. The number of amides is 2. The van der Waals surface area contributed by atoms with E-state index in [-0.39, 0.29) is 17.7 Å². The Morgan fingerprint density at radius 2 is 1.83 bits per heavy atom. The van der Waals surface area contributed by atoms with E-state index in [1.54, 1.807) is 0 Å². The average Bonchev–Trinajstić information content (AvgIpc) is 3.21. The number of nitrogens with zero attached hydrogens (tertiary/aromatic N) is 1. The van der Waals surface area contributed by atoms with Crippen molar-refractivity contribution in [2.45, 2.75) is 63.8 Å². The number of anilines is 1. The van der Waals surface area contributed by atoms with Crippen LogP contribution >= 0.6 is 0 Å². The predicted octanol–water partition coefficient (Wildman–Crippen LogP) is 3.30. The third-order valence-electron chi connectivity index (χ3n) is 5.91. The minimum absolute atomic E-state index is 0.000364. The molecule has 1 unspecified atom stereocenters. The van der Waals surface area contributed by atoms with E-state index >= 15 is 0 Å². The second-order valence-corrected chi connectivity index (χ2v) is 7.57. The molecule has 1 aromatic rings. The Bertz CT molecular complexity index is 649. The molecule has 4 heteroatoms. The lowest BCUT2D eigenvalue weighted by atomic mass is 9.94. The van der Waals surface area contributed by atoms with Gasteiger partial charge in [-0.1, -0.05) is 25.3 Å². The standard InChI is InChI=1S/C20H26N2O2/c23-19-12-16(13-22(19)18-7-2-1-3-8-18)20(24)21-17-10-9-14-5-4-6-15(14)11-17/h9-11,16,18H,1-8,12-13H2,(H,21,24). The highest BCUT2D eigenvalue weighted by Crippen LogP contribution is 2.30. The van der Waals surface area contributed by atoms with Gasteiger partial charge >= 0.3 is 0 Å². The van der Waals surface area contributed by atoms with Crippen molar-refractivity contribution >= 4 is 17.5 Å². The average molecular weight is 326 g/mol. The van der Waals surface area contributed by atoms with Crippen molar-refractivity contribution in [2.75, 3.05) is 11.9 Å². The fraction of sp³-hybridized carbons (Fsp3) is 0.600. The molecule has 3 aliphatic rings. The molecule has 1 aliphatic heterocycles. The molecular weight excluding hydrogens is 300 g/mol. The normalized spacial score (nSPS) is 24.2. The number of benzene rings is 1. The zero-order valence-electron chi connectivity index (χ0n) is 14.2. The molecule has 1 saturated carbocycles. The summed E-state index contributed by atoms with van der Waals surface area (Å²) in [6.07, 6.45) is 9.73. The van der Waals surface area contributed by atoms with E-state index in [9.17, 15) is 9.59 Å². The Morgan fingerprint density at radius 3 is 2.67 bits per heavy atom. The molecule has 1 atom stereocenters. The zero-order chi connectivity index (χ0) is 16.5. The summed E-state index contributed by atoms with van der Waals surface area (Å²) in [5.41, 5.74) is 3.65. The number of hydrogen-bond acceptors (Lipinski definition) is 2. The third-order valence-corrected chi connectivity index (χ3v) is 5.91. The van der Waals surface area contributed by atoms with E-state index < -0.39 is 0 Å². The number of hydrogen-bond donors (Lipinski definition) is 1. The molecule has 2 fully saturated rings. The van der Waals surface area contributed by atoms with Gasteiger partial charge in [0.15, 0.2) is 0 Å². The van der Waals surface area contributed by atoms with Crippen molar-refractivity contribution in [2.24, 2.45) is 5.92 Å². The fourth-order valence-corrected chi connectivity index (χ4v) is 4.55. The van der Waals surface area contributed by atoms with Crippen molar-refractivity contribution in [1.82, 2.24) is 4.90 Å². The number of carbonyl (C=O) groups is 2. The maximum absolute atomic E-state index is 12.6. The van der Waals surface area contributed by atoms with Crippen LogP contribution in [0.25, 0.3) is 0 Å². The fourth-order valence-electron chi connectivity index (χ4n) is 4.55. The van der Waals surface area contributed by atoms with Crippen molar-refractivity contribution < 1.29 is 9.59 Å². The SMILES string of the molecule is O=C(Nc1ccc2c(c1)CCC2)C1CC(=O)N(C2CCCCC2)C1. The lowest BCUT2D eigenvalue weighted by Gasteiger charge is -2.31. The van der Waals surface area contributed by atoms with Gasteiger partial charge in [-0.15, -0.1) is 0 Å². The molecule has 1 saturated heterocycles. The molecule has 128 valence electrons. The minimum atomic E-state index is -0.201. The molecule has 1 N–H and O–H groups in total. The minimum Gasteiger partial charge on any atom is -0.339 e. The number of carbonyl (C=O) groups excluding carboxylic acids is 2. The van der Waals surface area contributed by atoms with Gasteiger partial charge < -0.3 is 10.2 Å². The summed E-state index contributed by atoms with van der Waals surface area (Å²) in [5.74, 6) is -0.0386. The first-order chi connectivity index (χ1) is 11.7. The third kappa shape index (κ3) is 3.06. The molecule has 2 aliphatic carbocycles. The van der Waals surface area contributed by atoms with Crippen LogP contribution in [0.3, 0.4) is 0 Å². The van der Waals surface area contributed by atoms with Gasteiger partial charge in [-0.3, -0.25) is 9.59 Å². The highest BCUT2D eigenvalue weighted by atomic mass is 16.2. The summed E-state index contributed by atoms with van der Waals surface area (Å²) in [7, 11) is 0. The van der Waals surface area contributed by atoms with Crippen LogP contribution in [0.2, 0.25) is 0 Å². The summed E-state index contributed by atoms with van der Waals surface area (Å²) in [4.78, 5) is 26.9. The van der Waals surface area contributed by atoms with E-state index in [0.29, 0.717) is 19.0 Å². The van der Waals surface area contributed by atoms with Gasteiger partial charge in [0.05, 0.1) is 5.92 Å². The largest absolute Gasteiger partial charge is 0.339 e. The lowest BCUT2D eigenvalue weighted by Crippen LogP contribution is -2.38. The van der Waals surface area contributed by atoms with Crippen molar-refractivity contribution in [1.29, 1.82) is 0 Å². The van der Waals surface area contributed by atoms with Crippen molar-refractivity contribution in [3.8, 4) is 0 Å². The second-order valence-electron chi connectivity index (χ2n) is 7.57. The highest BCUT2D eigenvalue weighted by molar-refractivity contribution is 5.97. The monoisotopic (exact) mass is 326 g/mol. The smallest absolute Gasteiger partial charge is 0.229 e. The Balaban J connectivity index is 1.39. The maximum Gasteiger partial charge on any atom is 0.229 e. The molecule has 0 radical (unpaired) electrons. The predicted molar refractivity (Wildman–Crippen MR) is 93.8 cm³/mol. The van der Waals surface area contributed by atoms with E-state index in [4.69, 9.17) is 0 Å². The second kappa shape index (κ2) is 6.58. The molecule has 1 aromatic carbocycles. The summed E-state index contributed by atoms with van der Waals surface area (Å²) >= 11 is 0. The molecule has 0 spiro atoms. The van der Waals surface area contributed by atoms with E-state index in [1.165, 1.54) is 36.8 Å². The van der Waals surface area contributed by atoms with Gasteiger partial charge in [0, 0.05) is 24.7 Å². The van der Waals surface area contributed by atoms with Crippen LogP contribution < -0.4 is 5.32 Å². The Hall–Kier alpha value is -1.84. The first-order valence-corrected chi connectivity index (χ1v) is 9.43. The number of aryl methyl sites for hydroxylation is 2. The van der Waals surface area contributed by atoms with E-state index in [2.05, 4.69) is 17.4 Å². The molecule has 4 rings (SSSR count). The number of likely N-dealkylation sites (tertiary alicyclic amines) is 1. The summed E-state index contributed by atoms with van der Waals surface area (Å²) in [5, 5.41) is 3.04. The Labute approximate surface area is 143 Å². The van der Waals surface area contributed by atoms with Crippen LogP contribution in [0.15, 0.2) is 18.2 Å².